The minimum atomic E-state index is 0.960. The Hall–Kier alpha value is -0.0900. The van der Waals surface area contributed by atoms with Crippen LogP contribution in [0.15, 0.2) is 0 Å². The van der Waals surface area contributed by atoms with Crippen LogP contribution in [0, 0.1) is 12.3 Å². The molecule has 0 nitrogen and oxygen atoms in total. The zero-order valence-electron chi connectivity index (χ0n) is 9.30. The summed E-state index contributed by atoms with van der Waals surface area (Å²) in [4.78, 5) is 0. The lowest BCUT2D eigenvalue weighted by Gasteiger charge is -2.00. The molecule has 0 saturated heterocycles. The fraction of sp³-hybridized carbons (Fsp3) is 0.846. The number of hydrogen-bond donors (Lipinski definition) is 1. The first kappa shape index (κ1) is 13.9. The van der Waals surface area contributed by atoms with E-state index in [-0.39, 0.29) is 0 Å². The second-order valence-corrected chi connectivity index (χ2v) is 4.31. The SMILES string of the molecule is C#CCCCCCCCCCCCS. The molecule has 0 aromatic rings. The first-order valence-electron chi connectivity index (χ1n) is 5.96. The summed E-state index contributed by atoms with van der Waals surface area (Å²) in [6.45, 7) is 0. The summed E-state index contributed by atoms with van der Waals surface area (Å²) in [5.41, 5.74) is 0. The maximum Gasteiger partial charge on any atom is 0.00860 e. The van der Waals surface area contributed by atoms with Crippen molar-refractivity contribution in [2.24, 2.45) is 0 Å². The summed E-state index contributed by atoms with van der Waals surface area (Å²) >= 11 is 4.20. The number of hydrogen-bond acceptors (Lipinski definition) is 1. The van der Waals surface area contributed by atoms with E-state index in [2.05, 4.69) is 18.5 Å². The predicted molar refractivity (Wildman–Crippen MR) is 68.9 cm³/mol. The highest BCUT2D eigenvalue weighted by Crippen LogP contribution is 2.10. The maximum atomic E-state index is 5.18. The molecule has 1 heteroatoms. The molecule has 0 atom stereocenters. The second-order valence-electron chi connectivity index (χ2n) is 3.86. The molecule has 82 valence electrons. The average molecular weight is 212 g/mol. The highest BCUT2D eigenvalue weighted by Gasteiger charge is 1.91. The second kappa shape index (κ2) is 12.9. The highest BCUT2D eigenvalue weighted by atomic mass is 32.1. The van der Waals surface area contributed by atoms with Crippen molar-refractivity contribution in [2.45, 2.75) is 64.2 Å². The molecule has 0 unspecified atom stereocenters. The van der Waals surface area contributed by atoms with E-state index in [9.17, 15) is 0 Å². The summed E-state index contributed by atoms with van der Waals surface area (Å²) in [7, 11) is 0. The predicted octanol–water partition coefficient (Wildman–Crippen LogP) is 4.45. The summed E-state index contributed by atoms with van der Waals surface area (Å²) in [5, 5.41) is 0. The zero-order valence-corrected chi connectivity index (χ0v) is 10.2. The number of unbranched alkanes of at least 4 members (excludes halogenated alkanes) is 9. The van der Waals surface area contributed by atoms with E-state index in [1.807, 2.05) is 0 Å². The Labute approximate surface area is 95.3 Å². The van der Waals surface area contributed by atoms with Gasteiger partial charge in [-0.25, -0.2) is 0 Å². The van der Waals surface area contributed by atoms with E-state index < -0.39 is 0 Å². The molecule has 0 aromatic carbocycles. The van der Waals surface area contributed by atoms with Crippen LogP contribution in [-0.2, 0) is 0 Å². The molecule has 0 saturated carbocycles. The van der Waals surface area contributed by atoms with Crippen LogP contribution in [-0.4, -0.2) is 5.75 Å². The van der Waals surface area contributed by atoms with Crippen molar-refractivity contribution in [3.8, 4) is 12.3 Å². The van der Waals surface area contributed by atoms with Crippen molar-refractivity contribution >= 4 is 12.6 Å². The molecule has 0 aliphatic heterocycles. The van der Waals surface area contributed by atoms with Gasteiger partial charge in [-0.15, -0.1) is 12.3 Å². The molecule has 0 bridgehead atoms. The van der Waals surface area contributed by atoms with Gasteiger partial charge in [0.1, 0.15) is 0 Å². The number of rotatable bonds is 10. The van der Waals surface area contributed by atoms with Gasteiger partial charge in [0.2, 0.25) is 0 Å². The molecule has 0 aliphatic carbocycles. The van der Waals surface area contributed by atoms with Crippen molar-refractivity contribution in [1.29, 1.82) is 0 Å². The zero-order chi connectivity index (χ0) is 10.5. The Morgan fingerprint density at radius 1 is 0.714 bits per heavy atom. The Morgan fingerprint density at radius 2 is 1.14 bits per heavy atom. The van der Waals surface area contributed by atoms with Crippen molar-refractivity contribution in [3.63, 3.8) is 0 Å². The molecule has 0 radical (unpaired) electrons. The maximum absolute atomic E-state index is 5.18. The Bertz CT molecular complexity index is 135. The third-order valence-corrected chi connectivity index (χ3v) is 2.80. The summed E-state index contributed by atoms with van der Waals surface area (Å²) in [5.74, 6) is 3.73. The molecule has 0 fully saturated rings. The van der Waals surface area contributed by atoms with E-state index in [1.165, 1.54) is 57.8 Å². The van der Waals surface area contributed by atoms with Crippen molar-refractivity contribution in [3.05, 3.63) is 0 Å². The van der Waals surface area contributed by atoms with Crippen molar-refractivity contribution < 1.29 is 0 Å². The topological polar surface area (TPSA) is 0 Å². The first-order chi connectivity index (χ1) is 6.91. The van der Waals surface area contributed by atoms with E-state index in [1.54, 1.807) is 0 Å². The number of terminal acetylenes is 1. The molecule has 0 N–H and O–H groups in total. The Balaban J connectivity index is 2.82. The first-order valence-corrected chi connectivity index (χ1v) is 6.59. The normalized spacial score (nSPS) is 10.0. The van der Waals surface area contributed by atoms with E-state index in [0.29, 0.717) is 0 Å². The fourth-order valence-electron chi connectivity index (χ4n) is 1.58. The van der Waals surface area contributed by atoms with Gasteiger partial charge in [0.15, 0.2) is 0 Å². The largest absolute Gasteiger partial charge is 0.179 e. The van der Waals surface area contributed by atoms with Crippen LogP contribution in [0.2, 0.25) is 0 Å². The van der Waals surface area contributed by atoms with Crippen LogP contribution < -0.4 is 0 Å². The van der Waals surface area contributed by atoms with Crippen LogP contribution in [0.25, 0.3) is 0 Å². The summed E-state index contributed by atoms with van der Waals surface area (Å²) in [6, 6.07) is 0. The van der Waals surface area contributed by atoms with E-state index in [0.717, 1.165) is 12.2 Å². The molecule has 0 aromatic heterocycles. The van der Waals surface area contributed by atoms with Crippen LogP contribution in [0.5, 0.6) is 0 Å². The molecule has 0 spiro atoms. The quantitative estimate of drug-likeness (QED) is 0.309. The van der Waals surface area contributed by atoms with Crippen LogP contribution in [0.4, 0.5) is 0 Å². The van der Waals surface area contributed by atoms with Gasteiger partial charge in [0, 0.05) is 6.42 Å². The van der Waals surface area contributed by atoms with Gasteiger partial charge >= 0.3 is 0 Å². The van der Waals surface area contributed by atoms with Gasteiger partial charge in [-0.05, 0) is 18.6 Å². The van der Waals surface area contributed by atoms with Gasteiger partial charge in [0.05, 0.1) is 0 Å². The standard InChI is InChI=1S/C13H24S/c1-2-3-4-5-6-7-8-9-10-11-12-13-14/h1,14H,3-13H2. The lowest BCUT2D eigenvalue weighted by molar-refractivity contribution is 0.568. The minimum absolute atomic E-state index is 0.960. The molecule has 14 heavy (non-hydrogen) atoms. The van der Waals surface area contributed by atoms with E-state index in [4.69, 9.17) is 6.42 Å². The molecule has 0 rings (SSSR count). The van der Waals surface area contributed by atoms with Crippen molar-refractivity contribution in [1.82, 2.24) is 0 Å². The Morgan fingerprint density at radius 3 is 1.57 bits per heavy atom. The molecular formula is C13H24S. The smallest absolute Gasteiger partial charge is 0.00860 e. The van der Waals surface area contributed by atoms with Crippen LogP contribution in [0.1, 0.15) is 64.2 Å². The third kappa shape index (κ3) is 11.9. The van der Waals surface area contributed by atoms with Gasteiger partial charge < -0.3 is 0 Å². The molecule has 0 aliphatic rings. The molecular weight excluding hydrogens is 188 g/mol. The molecule has 0 heterocycles. The minimum Gasteiger partial charge on any atom is -0.179 e. The lowest BCUT2D eigenvalue weighted by Crippen LogP contribution is -1.82. The van der Waals surface area contributed by atoms with Gasteiger partial charge in [0.25, 0.3) is 0 Å². The van der Waals surface area contributed by atoms with E-state index >= 15 is 0 Å². The lowest BCUT2D eigenvalue weighted by atomic mass is 10.1. The van der Waals surface area contributed by atoms with Gasteiger partial charge in [-0.3, -0.25) is 0 Å². The summed E-state index contributed by atoms with van der Waals surface area (Å²) < 4.78 is 0. The van der Waals surface area contributed by atoms with Gasteiger partial charge in [-0.2, -0.15) is 12.6 Å². The fourth-order valence-corrected chi connectivity index (χ4v) is 1.80. The highest BCUT2D eigenvalue weighted by molar-refractivity contribution is 7.80. The van der Waals surface area contributed by atoms with Crippen molar-refractivity contribution in [2.75, 3.05) is 5.75 Å². The number of thiol groups is 1. The third-order valence-electron chi connectivity index (χ3n) is 2.48. The monoisotopic (exact) mass is 212 g/mol. The summed E-state index contributed by atoms with van der Waals surface area (Å²) in [6.07, 6.45) is 18.3. The van der Waals surface area contributed by atoms with Gasteiger partial charge in [-0.1, -0.05) is 44.9 Å². The Kier molecular flexibility index (Phi) is 12.8. The van der Waals surface area contributed by atoms with Crippen LogP contribution in [0.3, 0.4) is 0 Å². The molecule has 0 amide bonds. The van der Waals surface area contributed by atoms with Crippen LogP contribution >= 0.6 is 12.6 Å². The average Bonchev–Trinajstić information content (AvgIpc) is 2.21.